The number of nitrogens with zero attached hydrogens (tertiary/aromatic N) is 1. The van der Waals surface area contributed by atoms with Crippen LogP contribution in [0.4, 0.5) is 0 Å². The zero-order chi connectivity index (χ0) is 14.9. The number of carboxylic acids is 1. The minimum Gasteiger partial charge on any atom is -0.480 e. The molecule has 114 valence electrons. The SMILES string of the molecule is CC(C)C1SCC(C(=O)O)N1C(=O)C1CCCC(N)C1. The molecule has 0 radical (unpaired) electrons. The van der Waals surface area contributed by atoms with Crippen molar-refractivity contribution in [1.82, 2.24) is 4.90 Å². The number of carbonyl (C=O) groups is 2. The van der Waals surface area contributed by atoms with Crippen molar-refractivity contribution in [2.75, 3.05) is 5.75 Å². The van der Waals surface area contributed by atoms with Gasteiger partial charge in [0.25, 0.3) is 0 Å². The molecule has 1 saturated heterocycles. The highest BCUT2D eigenvalue weighted by molar-refractivity contribution is 8.00. The Bertz CT molecular complexity index is 389. The summed E-state index contributed by atoms with van der Waals surface area (Å²) in [5, 5.41) is 9.32. The summed E-state index contributed by atoms with van der Waals surface area (Å²) in [6, 6.07) is -0.605. The van der Waals surface area contributed by atoms with E-state index < -0.39 is 12.0 Å². The number of rotatable bonds is 3. The first-order valence-electron chi connectivity index (χ1n) is 7.34. The first-order valence-corrected chi connectivity index (χ1v) is 8.38. The number of carboxylic acid groups (broad SMARTS) is 1. The third kappa shape index (κ3) is 3.11. The van der Waals surface area contributed by atoms with Crippen molar-refractivity contribution in [3.8, 4) is 0 Å². The predicted molar refractivity (Wildman–Crippen MR) is 79.3 cm³/mol. The van der Waals surface area contributed by atoms with E-state index in [9.17, 15) is 14.7 Å². The molecule has 1 aliphatic carbocycles. The van der Waals surface area contributed by atoms with Gasteiger partial charge in [-0.25, -0.2) is 4.79 Å². The lowest BCUT2D eigenvalue weighted by molar-refractivity contribution is -0.152. The van der Waals surface area contributed by atoms with E-state index in [-0.39, 0.29) is 29.2 Å². The average Bonchev–Trinajstić information content (AvgIpc) is 2.82. The number of nitrogens with two attached hydrogens (primary N) is 1. The van der Waals surface area contributed by atoms with Crippen LogP contribution >= 0.6 is 11.8 Å². The molecule has 5 nitrogen and oxygen atoms in total. The maximum atomic E-state index is 12.8. The Morgan fingerprint density at radius 3 is 2.60 bits per heavy atom. The normalized spacial score (nSPS) is 34.5. The molecule has 2 aliphatic rings. The van der Waals surface area contributed by atoms with Crippen LogP contribution in [0.15, 0.2) is 0 Å². The Labute approximate surface area is 124 Å². The van der Waals surface area contributed by atoms with Gasteiger partial charge in [-0.1, -0.05) is 20.3 Å². The largest absolute Gasteiger partial charge is 0.480 e. The Morgan fingerprint density at radius 2 is 2.05 bits per heavy atom. The van der Waals surface area contributed by atoms with Gasteiger partial charge in [0.05, 0.1) is 5.37 Å². The van der Waals surface area contributed by atoms with Crippen molar-refractivity contribution in [3.63, 3.8) is 0 Å². The highest BCUT2D eigenvalue weighted by Gasteiger charge is 2.45. The van der Waals surface area contributed by atoms with E-state index >= 15 is 0 Å². The van der Waals surface area contributed by atoms with Crippen molar-refractivity contribution in [2.45, 2.75) is 57.0 Å². The minimum atomic E-state index is -0.894. The topological polar surface area (TPSA) is 83.6 Å². The Kier molecular flexibility index (Phi) is 4.96. The summed E-state index contributed by atoms with van der Waals surface area (Å²) in [6.45, 7) is 4.07. The molecule has 1 heterocycles. The van der Waals surface area contributed by atoms with Crippen molar-refractivity contribution in [3.05, 3.63) is 0 Å². The molecule has 1 aliphatic heterocycles. The summed E-state index contributed by atoms with van der Waals surface area (Å²) in [5.41, 5.74) is 5.96. The van der Waals surface area contributed by atoms with E-state index in [0.29, 0.717) is 12.2 Å². The first-order chi connectivity index (χ1) is 9.41. The third-order valence-corrected chi connectivity index (χ3v) is 5.83. The van der Waals surface area contributed by atoms with Crippen LogP contribution in [0.2, 0.25) is 0 Å². The monoisotopic (exact) mass is 300 g/mol. The molecule has 0 aromatic heterocycles. The fourth-order valence-electron chi connectivity index (χ4n) is 3.17. The molecule has 0 aromatic rings. The van der Waals surface area contributed by atoms with Crippen molar-refractivity contribution < 1.29 is 14.7 Å². The van der Waals surface area contributed by atoms with Gasteiger partial charge in [0.2, 0.25) is 5.91 Å². The molecule has 0 spiro atoms. The van der Waals surface area contributed by atoms with Gasteiger partial charge in [-0.15, -0.1) is 11.8 Å². The summed E-state index contributed by atoms with van der Waals surface area (Å²) in [7, 11) is 0. The van der Waals surface area contributed by atoms with E-state index in [1.165, 1.54) is 0 Å². The number of hydrogen-bond acceptors (Lipinski definition) is 4. The molecule has 6 heteroatoms. The van der Waals surface area contributed by atoms with Crippen LogP contribution < -0.4 is 5.73 Å². The van der Waals surface area contributed by atoms with E-state index in [0.717, 1.165) is 19.3 Å². The predicted octanol–water partition coefficient (Wildman–Crippen LogP) is 1.51. The van der Waals surface area contributed by atoms with Crippen molar-refractivity contribution >= 4 is 23.6 Å². The van der Waals surface area contributed by atoms with Crippen LogP contribution in [0, 0.1) is 11.8 Å². The number of thioether (sulfide) groups is 1. The molecule has 2 fully saturated rings. The molecule has 1 amide bonds. The second-order valence-corrected chi connectivity index (χ2v) is 7.34. The summed E-state index contributed by atoms with van der Waals surface area (Å²) in [5.74, 6) is -0.251. The number of amides is 1. The molecule has 3 N–H and O–H groups in total. The molecule has 4 atom stereocenters. The van der Waals surface area contributed by atoms with E-state index in [2.05, 4.69) is 0 Å². The van der Waals surface area contributed by atoms with Gasteiger partial charge in [-0.2, -0.15) is 0 Å². The summed E-state index contributed by atoms with van der Waals surface area (Å²) in [6.07, 6.45) is 3.46. The summed E-state index contributed by atoms with van der Waals surface area (Å²) in [4.78, 5) is 25.8. The van der Waals surface area contributed by atoms with Gasteiger partial charge in [0.1, 0.15) is 6.04 Å². The van der Waals surface area contributed by atoms with Crippen LogP contribution in [0.5, 0.6) is 0 Å². The smallest absolute Gasteiger partial charge is 0.327 e. The average molecular weight is 300 g/mol. The van der Waals surface area contributed by atoms with Gasteiger partial charge in [0.15, 0.2) is 0 Å². The second-order valence-electron chi connectivity index (χ2n) is 6.19. The van der Waals surface area contributed by atoms with Crippen molar-refractivity contribution in [1.29, 1.82) is 0 Å². The van der Waals surface area contributed by atoms with Crippen LogP contribution in [-0.2, 0) is 9.59 Å². The highest BCUT2D eigenvalue weighted by Crippen LogP contribution is 2.37. The zero-order valence-corrected chi connectivity index (χ0v) is 12.9. The Morgan fingerprint density at radius 1 is 1.35 bits per heavy atom. The van der Waals surface area contributed by atoms with Gasteiger partial charge in [-0.3, -0.25) is 4.79 Å². The van der Waals surface area contributed by atoms with Gasteiger partial charge < -0.3 is 15.7 Å². The third-order valence-electron chi connectivity index (χ3n) is 4.21. The molecule has 1 saturated carbocycles. The van der Waals surface area contributed by atoms with E-state index in [1.54, 1.807) is 16.7 Å². The Balaban J connectivity index is 2.16. The fourth-order valence-corrected chi connectivity index (χ4v) is 4.65. The quantitative estimate of drug-likeness (QED) is 0.825. The molecule has 20 heavy (non-hydrogen) atoms. The molecule has 0 bridgehead atoms. The maximum Gasteiger partial charge on any atom is 0.327 e. The van der Waals surface area contributed by atoms with Crippen LogP contribution in [0.3, 0.4) is 0 Å². The molecular formula is C14H24N2O3S. The van der Waals surface area contributed by atoms with Gasteiger partial charge >= 0.3 is 5.97 Å². The standard InChI is InChI=1S/C14H24N2O3S/c1-8(2)13-16(11(7-20-13)14(18)19)12(17)9-4-3-5-10(15)6-9/h8-11,13H,3-7,15H2,1-2H3,(H,18,19). The summed E-state index contributed by atoms with van der Waals surface area (Å²) < 4.78 is 0. The van der Waals surface area contributed by atoms with Crippen molar-refractivity contribution in [2.24, 2.45) is 17.6 Å². The van der Waals surface area contributed by atoms with Crippen LogP contribution in [0.25, 0.3) is 0 Å². The summed E-state index contributed by atoms with van der Waals surface area (Å²) >= 11 is 1.58. The molecule has 2 rings (SSSR count). The van der Waals surface area contributed by atoms with Crippen LogP contribution in [0.1, 0.15) is 39.5 Å². The minimum absolute atomic E-state index is 0.00347. The number of hydrogen-bond donors (Lipinski definition) is 2. The lowest BCUT2D eigenvalue weighted by Gasteiger charge is -2.35. The number of aliphatic carboxylic acids is 1. The number of carbonyl (C=O) groups excluding carboxylic acids is 1. The maximum absolute atomic E-state index is 12.8. The lowest BCUT2D eigenvalue weighted by atomic mass is 9.85. The lowest BCUT2D eigenvalue weighted by Crippen LogP contribution is -2.50. The molecular weight excluding hydrogens is 276 g/mol. The first kappa shape index (κ1) is 15.6. The molecule has 4 unspecified atom stereocenters. The second kappa shape index (κ2) is 6.35. The van der Waals surface area contributed by atoms with E-state index in [1.807, 2.05) is 13.8 Å². The van der Waals surface area contributed by atoms with Gasteiger partial charge in [-0.05, 0) is 25.2 Å². The van der Waals surface area contributed by atoms with Crippen LogP contribution in [-0.4, -0.2) is 45.1 Å². The Hall–Kier alpha value is -0.750. The molecule has 0 aromatic carbocycles. The highest BCUT2D eigenvalue weighted by atomic mass is 32.2. The van der Waals surface area contributed by atoms with E-state index in [4.69, 9.17) is 5.73 Å². The zero-order valence-electron chi connectivity index (χ0n) is 12.1. The van der Waals surface area contributed by atoms with Gasteiger partial charge in [0, 0.05) is 17.7 Å². The fraction of sp³-hybridized carbons (Fsp3) is 0.857.